The number of hydrogen-bond acceptors (Lipinski definition) is 3. The van der Waals surface area contributed by atoms with Crippen molar-refractivity contribution < 1.29 is 4.74 Å². The van der Waals surface area contributed by atoms with Crippen molar-refractivity contribution >= 4 is 0 Å². The summed E-state index contributed by atoms with van der Waals surface area (Å²) in [6.07, 6.45) is 7.92. The fraction of sp³-hybridized carbons (Fsp3) is 1.00. The Bertz CT molecular complexity index is 260. The third-order valence-electron chi connectivity index (χ3n) is 4.92. The van der Waals surface area contributed by atoms with Gasteiger partial charge in [-0.25, -0.2) is 0 Å². The molecule has 0 saturated carbocycles. The fourth-order valence-electron chi connectivity index (χ4n) is 4.24. The van der Waals surface area contributed by atoms with Crippen LogP contribution >= 0.6 is 0 Å². The molecule has 3 heteroatoms. The molecule has 0 aromatic heterocycles. The molecule has 3 saturated heterocycles. The van der Waals surface area contributed by atoms with E-state index in [0.29, 0.717) is 12.2 Å². The lowest BCUT2D eigenvalue weighted by atomic mass is 9.89. The maximum absolute atomic E-state index is 5.80. The van der Waals surface area contributed by atoms with Crippen LogP contribution in [0.15, 0.2) is 0 Å². The van der Waals surface area contributed by atoms with E-state index < -0.39 is 0 Å². The molecule has 104 valence electrons. The number of fused-ring (bicyclic) bond motifs is 2. The SMILES string of the molecule is C[C@@H]1CN(CCC2CC3CCC(C2)N3)C[C@H](C)O1. The second-order valence-corrected chi connectivity index (χ2v) is 6.78. The maximum atomic E-state index is 5.80. The molecule has 3 aliphatic heterocycles. The van der Waals surface area contributed by atoms with Crippen LogP contribution < -0.4 is 5.32 Å². The van der Waals surface area contributed by atoms with Gasteiger partial charge in [-0.1, -0.05) is 0 Å². The summed E-state index contributed by atoms with van der Waals surface area (Å²) >= 11 is 0. The van der Waals surface area contributed by atoms with Crippen molar-refractivity contribution in [3.8, 4) is 0 Å². The molecule has 3 aliphatic rings. The van der Waals surface area contributed by atoms with E-state index in [-0.39, 0.29) is 0 Å². The average Bonchev–Trinajstić information content (AvgIpc) is 2.65. The third kappa shape index (κ3) is 3.06. The molecule has 0 spiro atoms. The zero-order valence-electron chi connectivity index (χ0n) is 11.9. The fourth-order valence-corrected chi connectivity index (χ4v) is 4.24. The van der Waals surface area contributed by atoms with Crippen molar-refractivity contribution in [3.63, 3.8) is 0 Å². The topological polar surface area (TPSA) is 24.5 Å². The second-order valence-electron chi connectivity index (χ2n) is 6.78. The first-order valence-corrected chi connectivity index (χ1v) is 7.83. The molecule has 18 heavy (non-hydrogen) atoms. The van der Waals surface area contributed by atoms with E-state index in [9.17, 15) is 0 Å². The minimum absolute atomic E-state index is 0.415. The number of morpholine rings is 1. The van der Waals surface area contributed by atoms with Crippen molar-refractivity contribution in [2.24, 2.45) is 5.92 Å². The van der Waals surface area contributed by atoms with Gasteiger partial charge in [0.05, 0.1) is 12.2 Å². The van der Waals surface area contributed by atoms with Crippen molar-refractivity contribution in [1.82, 2.24) is 10.2 Å². The van der Waals surface area contributed by atoms with Gasteiger partial charge in [-0.3, -0.25) is 4.90 Å². The molecule has 1 N–H and O–H groups in total. The summed E-state index contributed by atoms with van der Waals surface area (Å²) in [5.41, 5.74) is 0. The minimum Gasteiger partial charge on any atom is -0.373 e. The van der Waals surface area contributed by atoms with Crippen LogP contribution in [-0.4, -0.2) is 48.8 Å². The lowest BCUT2D eigenvalue weighted by Gasteiger charge is -2.37. The number of rotatable bonds is 3. The number of hydrogen-bond donors (Lipinski definition) is 1. The number of nitrogens with one attached hydrogen (secondary N) is 1. The van der Waals surface area contributed by atoms with Crippen LogP contribution in [0.3, 0.4) is 0 Å². The molecule has 3 fully saturated rings. The first-order chi connectivity index (χ1) is 8.69. The van der Waals surface area contributed by atoms with Gasteiger partial charge in [0.15, 0.2) is 0 Å². The van der Waals surface area contributed by atoms with Gasteiger partial charge in [-0.05, 0) is 58.4 Å². The number of piperidine rings is 1. The molecule has 3 rings (SSSR count). The molecule has 3 nitrogen and oxygen atoms in total. The van der Waals surface area contributed by atoms with Crippen molar-refractivity contribution in [3.05, 3.63) is 0 Å². The van der Waals surface area contributed by atoms with E-state index in [1.807, 2.05) is 0 Å². The Morgan fingerprint density at radius 1 is 1.06 bits per heavy atom. The van der Waals surface area contributed by atoms with Gasteiger partial charge in [0.25, 0.3) is 0 Å². The summed E-state index contributed by atoms with van der Waals surface area (Å²) in [6, 6.07) is 1.69. The Balaban J connectivity index is 1.43. The van der Waals surface area contributed by atoms with Gasteiger partial charge in [-0.2, -0.15) is 0 Å². The Morgan fingerprint density at radius 2 is 1.67 bits per heavy atom. The molecule has 2 unspecified atom stereocenters. The van der Waals surface area contributed by atoms with Crippen LogP contribution in [0.25, 0.3) is 0 Å². The normalized spacial score (nSPS) is 45.3. The lowest BCUT2D eigenvalue weighted by molar-refractivity contribution is -0.0692. The smallest absolute Gasteiger partial charge is 0.0678 e. The minimum atomic E-state index is 0.415. The summed E-state index contributed by atoms with van der Waals surface area (Å²) in [6.45, 7) is 7.94. The van der Waals surface area contributed by atoms with Crippen LogP contribution in [0.2, 0.25) is 0 Å². The van der Waals surface area contributed by atoms with E-state index >= 15 is 0 Å². The van der Waals surface area contributed by atoms with E-state index in [4.69, 9.17) is 4.74 Å². The van der Waals surface area contributed by atoms with Crippen LogP contribution in [-0.2, 0) is 4.74 Å². The Kier molecular flexibility index (Phi) is 3.92. The highest BCUT2D eigenvalue weighted by Gasteiger charge is 2.33. The highest BCUT2D eigenvalue weighted by atomic mass is 16.5. The van der Waals surface area contributed by atoms with Gasteiger partial charge in [-0.15, -0.1) is 0 Å². The lowest BCUT2D eigenvalue weighted by Crippen LogP contribution is -2.46. The first-order valence-electron chi connectivity index (χ1n) is 7.83. The molecular formula is C15H28N2O. The molecule has 0 aromatic carbocycles. The average molecular weight is 252 g/mol. The molecule has 2 bridgehead atoms. The van der Waals surface area contributed by atoms with E-state index in [0.717, 1.165) is 31.1 Å². The molecule has 3 heterocycles. The Labute approximate surface area is 111 Å². The summed E-state index contributed by atoms with van der Waals surface area (Å²) in [4.78, 5) is 2.61. The van der Waals surface area contributed by atoms with Crippen LogP contribution in [0, 0.1) is 5.92 Å². The number of nitrogens with zero attached hydrogens (tertiary/aromatic N) is 1. The molecule has 0 aliphatic carbocycles. The Morgan fingerprint density at radius 3 is 2.28 bits per heavy atom. The first kappa shape index (κ1) is 12.9. The molecule has 0 radical (unpaired) electrons. The van der Waals surface area contributed by atoms with Crippen LogP contribution in [0.5, 0.6) is 0 Å². The van der Waals surface area contributed by atoms with Crippen molar-refractivity contribution in [2.45, 2.75) is 70.2 Å². The summed E-state index contributed by atoms with van der Waals surface area (Å²) in [5, 5.41) is 3.74. The summed E-state index contributed by atoms with van der Waals surface area (Å²) < 4.78 is 5.80. The standard InChI is InChI=1S/C15H28N2O/c1-11-9-17(10-12(2)18-11)6-5-13-7-14-3-4-15(8-13)16-14/h11-16H,3-10H2,1-2H3/t11-,12+,13?,14?,15?. The number of ether oxygens (including phenoxy) is 1. The van der Waals surface area contributed by atoms with Gasteiger partial charge in [0, 0.05) is 25.2 Å². The summed E-state index contributed by atoms with van der Waals surface area (Å²) in [7, 11) is 0. The molecular weight excluding hydrogens is 224 g/mol. The second kappa shape index (κ2) is 5.48. The van der Waals surface area contributed by atoms with Crippen LogP contribution in [0.1, 0.15) is 46.0 Å². The van der Waals surface area contributed by atoms with Gasteiger partial charge >= 0.3 is 0 Å². The third-order valence-corrected chi connectivity index (χ3v) is 4.92. The van der Waals surface area contributed by atoms with E-state index in [1.165, 1.54) is 38.6 Å². The van der Waals surface area contributed by atoms with Gasteiger partial charge < -0.3 is 10.1 Å². The zero-order valence-corrected chi connectivity index (χ0v) is 11.9. The summed E-state index contributed by atoms with van der Waals surface area (Å²) in [5.74, 6) is 0.970. The van der Waals surface area contributed by atoms with Gasteiger partial charge in [0.2, 0.25) is 0 Å². The largest absolute Gasteiger partial charge is 0.373 e. The monoisotopic (exact) mass is 252 g/mol. The quantitative estimate of drug-likeness (QED) is 0.831. The van der Waals surface area contributed by atoms with Crippen molar-refractivity contribution in [2.75, 3.05) is 19.6 Å². The highest BCUT2D eigenvalue weighted by molar-refractivity contribution is 4.92. The predicted octanol–water partition coefficient (Wildman–Crippen LogP) is 2.02. The molecule has 4 atom stereocenters. The van der Waals surface area contributed by atoms with Crippen LogP contribution in [0.4, 0.5) is 0 Å². The predicted molar refractivity (Wildman–Crippen MR) is 73.7 cm³/mol. The van der Waals surface area contributed by atoms with Crippen molar-refractivity contribution in [1.29, 1.82) is 0 Å². The van der Waals surface area contributed by atoms with E-state index in [1.54, 1.807) is 0 Å². The zero-order chi connectivity index (χ0) is 12.5. The maximum Gasteiger partial charge on any atom is 0.0678 e. The van der Waals surface area contributed by atoms with E-state index in [2.05, 4.69) is 24.1 Å². The Hall–Kier alpha value is -0.120. The van der Waals surface area contributed by atoms with Gasteiger partial charge in [0.1, 0.15) is 0 Å². The molecule has 0 amide bonds. The molecule has 0 aromatic rings. The highest BCUT2D eigenvalue weighted by Crippen LogP contribution is 2.32.